The minimum absolute atomic E-state index is 0.0491. The molecule has 6 nitrogen and oxygen atoms in total. The molecule has 0 heterocycles. The summed E-state index contributed by atoms with van der Waals surface area (Å²) in [5.41, 5.74) is 0.879. The smallest absolute Gasteiger partial charge is 0.325 e. The van der Waals surface area contributed by atoms with Crippen LogP contribution in [-0.4, -0.2) is 37.0 Å². The molecule has 2 N–H and O–H groups in total. The SMILES string of the molecule is CCOC(=O)CNC(=O)C(NC(=O)Cc1ccccc1)C(C)CC. The van der Waals surface area contributed by atoms with Crippen molar-refractivity contribution in [1.29, 1.82) is 0 Å². The molecule has 0 radical (unpaired) electrons. The highest BCUT2D eigenvalue weighted by atomic mass is 16.5. The molecule has 0 aliphatic heterocycles. The number of carbonyl (C=O) groups excluding carboxylic acids is 3. The maximum atomic E-state index is 12.3. The molecule has 0 spiro atoms. The number of esters is 1. The minimum Gasteiger partial charge on any atom is -0.465 e. The Bertz CT molecular complexity index is 545. The Balaban J connectivity index is 2.62. The Hall–Kier alpha value is -2.37. The third-order valence-corrected chi connectivity index (χ3v) is 3.73. The van der Waals surface area contributed by atoms with E-state index in [1.165, 1.54) is 0 Å². The van der Waals surface area contributed by atoms with Gasteiger partial charge in [-0.1, -0.05) is 50.6 Å². The lowest BCUT2D eigenvalue weighted by Gasteiger charge is -2.23. The van der Waals surface area contributed by atoms with Gasteiger partial charge in [0.25, 0.3) is 0 Å². The van der Waals surface area contributed by atoms with E-state index in [2.05, 4.69) is 10.6 Å². The first-order chi connectivity index (χ1) is 11.5. The summed E-state index contributed by atoms with van der Waals surface area (Å²) < 4.78 is 4.78. The zero-order valence-corrected chi connectivity index (χ0v) is 14.5. The van der Waals surface area contributed by atoms with Crippen molar-refractivity contribution in [1.82, 2.24) is 10.6 Å². The van der Waals surface area contributed by atoms with Gasteiger partial charge in [0.2, 0.25) is 11.8 Å². The van der Waals surface area contributed by atoms with Gasteiger partial charge in [-0.05, 0) is 18.4 Å². The number of ether oxygens (including phenoxy) is 1. The summed E-state index contributed by atoms with van der Waals surface area (Å²) in [6.45, 7) is 5.59. The largest absolute Gasteiger partial charge is 0.465 e. The van der Waals surface area contributed by atoms with Gasteiger partial charge in [-0.3, -0.25) is 14.4 Å². The first-order valence-electron chi connectivity index (χ1n) is 8.24. The summed E-state index contributed by atoms with van der Waals surface area (Å²) in [5.74, 6) is -1.15. The molecule has 0 saturated heterocycles. The second-order valence-corrected chi connectivity index (χ2v) is 5.62. The Kier molecular flexibility index (Phi) is 8.54. The number of hydrogen-bond acceptors (Lipinski definition) is 4. The summed E-state index contributed by atoms with van der Waals surface area (Å²) in [6.07, 6.45) is 0.933. The number of rotatable bonds is 9. The summed E-state index contributed by atoms with van der Waals surface area (Å²) in [7, 11) is 0. The topological polar surface area (TPSA) is 84.5 Å². The van der Waals surface area contributed by atoms with E-state index in [0.717, 1.165) is 12.0 Å². The molecule has 2 atom stereocenters. The standard InChI is InChI=1S/C18H26N2O4/c1-4-13(3)17(18(23)19-12-16(22)24-5-2)20-15(21)11-14-9-7-6-8-10-14/h6-10,13,17H,4-5,11-12H2,1-3H3,(H,19,23)(H,20,21). The van der Waals surface area contributed by atoms with E-state index in [0.29, 0.717) is 0 Å². The van der Waals surface area contributed by atoms with Crippen LogP contribution in [0.1, 0.15) is 32.8 Å². The average molecular weight is 334 g/mol. The summed E-state index contributed by atoms with van der Waals surface area (Å²) in [4.78, 5) is 35.9. The van der Waals surface area contributed by atoms with Gasteiger partial charge in [-0.2, -0.15) is 0 Å². The summed E-state index contributed by atoms with van der Waals surface area (Å²) in [6, 6.07) is 8.64. The fraction of sp³-hybridized carbons (Fsp3) is 0.500. The highest BCUT2D eigenvalue weighted by molar-refractivity contribution is 5.90. The Morgan fingerprint density at radius 3 is 2.38 bits per heavy atom. The van der Waals surface area contributed by atoms with Gasteiger partial charge in [0.15, 0.2) is 0 Å². The van der Waals surface area contributed by atoms with Crippen molar-refractivity contribution in [2.75, 3.05) is 13.2 Å². The monoisotopic (exact) mass is 334 g/mol. The Morgan fingerprint density at radius 2 is 1.79 bits per heavy atom. The van der Waals surface area contributed by atoms with Crippen LogP contribution in [0.25, 0.3) is 0 Å². The van der Waals surface area contributed by atoms with Crippen LogP contribution >= 0.6 is 0 Å². The quantitative estimate of drug-likeness (QED) is 0.669. The maximum Gasteiger partial charge on any atom is 0.325 e. The molecule has 6 heteroatoms. The Morgan fingerprint density at radius 1 is 1.12 bits per heavy atom. The zero-order valence-electron chi connectivity index (χ0n) is 14.5. The van der Waals surface area contributed by atoms with E-state index in [4.69, 9.17) is 4.74 Å². The van der Waals surface area contributed by atoms with Gasteiger partial charge in [0.1, 0.15) is 12.6 Å². The van der Waals surface area contributed by atoms with Crippen molar-refractivity contribution in [2.45, 2.75) is 39.7 Å². The highest BCUT2D eigenvalue weighted by Gasteiger charge is 2.26. The molecule has 0 saturated carbocycles. The molecule has 1 aromatic rings. The molecule has 0 bridgehead atoms. The molecule has 2 amide bonds. The van der Waals surface area contributed by atoms with Crippen LogP contribution < -0.4 is 10.6 Å². The van der Waals surface area contributed by atoms with E-state index >= 15 is 0 Å². The van der Waals surface area contributed by atoms with Gasteiger partial charge in [0.05, 0.1) is 13.0 Å². The molecule has 0 aliphatic carbocycles. The molecule has 24 heavy (non-hydrogen) atoms. The molecule has 132 valence electrons. The number of benzene rings is 1. The fourth-order valence-corrected chi connectivity index (χ4v) is 2.19. The molecular weight excluding hydrogens is 308 g/mol. The zero-order chi connectivity index (χ0) is 17.9. The maximum absolute atomic E-state index is 12.3. The Labute approximate surface area is 143 Å². The van der Waals surface area contributed by atoms with Gasteiger partial charge in [0, 0.05) is 0 Å². The van der Waals surface area contributed by atoms with Crippen LogP contribution in [0, 0.1) is 5.92 Å². The molecule has 0 aliphatic rings. The van der Waals surface area contributed by atoms with E-state index in [1.54, 1.807) is 6.92 Å². The second kappa shape index (κ2) is 10.4. The predicted octanol–water partition coefficient (Wildman–Crippen LogP) is 1.44. The van der Waals surface area contributed by atoms with Gasteiger partial charge in [-0.15, -0.1) is 0 Å². The van der Waals surface area contributed by atoms with Crippen LogP contribution in [0.5, 0.6) is 0 Å². The third-order valence-electron chi connectivity index (χ3n) is 3.73. The number of nitrogens with one attached hydrogen (secondary N) is 2. The second-order valence-electron chi connectivity index (χ2n) is 5.62. The van der Waals surface area contributed by atoms with Crippen LogP contribution in [-0.2, 0) is 25.5 Å². The number of carbonyl (C=O) groups is 3. The van der Waals surface area contributed by atoms with E-state index in [-0.39, 0.29) is 37.3 Å². The van der Waals surface area contributed by atoms with E-state index < -0.39 is 12.0 Å². The molecular formula is C18H26N2O4. The average Bonchev–Trinajstić information content (AvgIpc) is 2.58. The first kappa shape index (κ1) is 19.7. The molecule has 0 aromatic heterocycles. The molecule has 2 unspecified atom stereocenters. The molecule has 0 fully saturated rings. The lowest BCUT2D eigenvalue weighted by Crippen LogP contribution is -2.51. The summed E-state index contributed by atoms with van der Waals surface area (Å²) in [5, 5.41) is 5.29. The highest BCUT2D eigenvalue weighted by Crippen LogP contribution is 2.09. The lowest BCUT2D eigenvalue weighted by molar-refractivity contribution is -0.143. The first-order valence-corrected chi connectivity index (χ1v) is 8.24. The van der Waals surface area contributed by atoms with E-state index in [1.807, 2.05) is 44.2 Å². The van der Waals surface area contributed by atoms with Gasteiger partial charge >= 0.3 is 5.97 Å². The molecule has 1 rings (SSSR count). The summed E-state index contributed by atoms with van der Waals surface area (Å²) >= 11 is 0. The van der Waals surface area contributed by atoms with Crippen LogP contribution in [0.4, 0.5) is 0 Å². The van der Waals surface area contributed by atoms with E-state index in [9.17, 15) is 14.4 Å². The normalized spacial score (nSPS) is 12.8. The minimum atomic E-state index is -0.680. The fourth-order valence-electron chi connectivity index (χ4n) is 2.19. The third kappa shape index (κ3) is 6.81. The van der Waals surface area contributed by atoms with Crippen molar-refractivity contribution < 1.29 is 19.1 Å². The van der Waals surface area contributed by atoms with Crippen molar-refractivity contribution >= 4 is 17.8 Å². The van der Waals surface area contributed by atoms with Crippen molar-refractivity contribution in [3.05, 3.63) is 35.9 Å². The molecule has 1 aromatic carbocycles. The van der Waals surface area contributed by atoms with Crippen LogP contribution in [0.3, 0.4) is 0 Å². The number of amides is 2. The van der Waals surface area contributed by atoms with Crippen LogP contribution in [0.2, 0.25) is 0 Å². The van der Waals surface area contributed by atoms with Crippen molar-refractivity contribution in [2.24, 2.45) is 5.92 Å². The van der Waals surface area contributed by atoms with Crippen LogP contribution in [0.15, 0.2) is 30.3 Å². The van der Waals surface area contributed by atoms with Gasteiger partial charge < -0.3 is 15.4 Å². The predicted molar refractivity (Wildman–Crippen MR) is 91.2 cm³/mol. The van der Waals surface area contributed by atoms with Crippen molar-refractivity contribution in [3.8, 4) is 0 Å². The number of hydrogen-bond donors (Lipinski definition) is 2. The van der Waals surface area contributed by atoms with Gasteiger partial charge in [-0.25, -0.2) is 0 Å². The van der Waals surface area contributed by atoms with Crippen molar-refractivity contribution in [3.63, 3.8) is 0 Å². The lowest BCUT2D eigenvalue weighted by atomic mass is 9.98.